The lowest BCUT2D eigenvalue weighted by atomic mass is 9.84. The van der Waals surface area contributed by atoms with E-state index in [-0.39, 0.29) is 5.56 Å². The van der Waals surface area contributed by atoms with Crippen LogP contribution in [-0.2, 0) is 5.60 Å². The molecule has 22 heavy (non-hydrogen) atoms. The summed E-state index contributed by atoms with van der Waals surface area (Å²) in [7, 11) is 0. The van der Waals surface area contributed by atoms with Gasteiger partial charge in [0, 0.05) is 5.56 Å². The number of halogens is 3. The van der Waals surface area contributed by atoms with E-state index in [1.165, 1.54) is 0 Å². The van der Waals surface area contributed by atoms with Crippen LogP contribution in [0.5, 0.6) is 0 Å². The second kappa shape index (κ2) is 4.71. The van der Waals surface area contributed by atoms with Crippen LogP contribution in [0.1, 0.15) is 18.1 Å². The quantitative estimate of drug-likeness (QED) is 0.622. The van der Waals surface area contributed by atoms with Gasteiger partial charge in [0.1, 0.15) is 0 Å². The van der Waals surface area contributed by atoms with Crippen molar-refractivity contribution < 1.29 is 18.3 Å². The number of hydrogen-bond acceptors (Lipinski definition) is 1. The number of aryl methyl sites for hydroxylation is 1. The van der Waals surface area contributed by atoms with E-state index < -0.39 is 11.8 Å². The summed E-state index contributed by atoms with van der Waals surface area (Å²) in [6.45, 7) is 2.70. The van der Waals surface area contributed by atoms with E-state index in [9.17, 15) is 18.3 Å². The Morgan fingerprint density at radius 1 is 0.773 bits per heavy atom. The standard InChI is InChI=1S/C18H15F3O/c1-11-12-7-3-5-9-14(12)16(17(2,22)18(19,20)21)15-10-6-4-8-13(11)15/h3-10,22H,1-2H3. The molecule has 3 aromatic carbocycles. The largest absolute Gasteiger partial charge is 0.421 e. The minimum Gasteiger partial charge on any atom is -0.376 e. The van der Waals surface area contributed by atoms with Crippen molar-refractivity contribution in [3.63, 3.8) is 0 Å². The molecule has 4 heteroatoms. The Hall–Kier alpha value is -2.07. The van der Waals surface area contributed by atoms with Gasteiger partial charge >= 0.3 is 6.18 Å². The van der Waals surface area contributed by atoms with Crippen molar-refractivity contribution in [2.75, 3.05) is 0 Å². The highest BCUT2D eigenvalue weighted by atomic mass is 19.4. The molecular formula is C18H15F3O. The molecule has 0 aromatic heterocycles. The van der Waals surface area contributed by atoms with Gasteiger partial charge in [-0.1, -0.05) is 48.5 Å². The third-order valence-corrected chi connectivity index (χ3v) is 4.24. The molecule has 0 spiro atoms. The fourth-order valence-corrected chi connectivity index (χ4v) is 3.01. The summed E-state index contributed by atoms with van der Waals surface area (Å²) in [6, 6.07) is 13.8. The van der Waals surface area contributed by atoms with Gasteiger partial charge in [0.25, 0.3) is 0 Å². The molecule has 0 aliphatic heterocycles. The second-order valence-electron chi connectivity index (χ2n) is 5.66. The summed E-state index contributed by atoms with van der Waals surface area (Å²) < 4.78 is 40.3. The van der Waals surface area contributed by atoms with Gasteiger partial charge in [0.2, 0.25) is 0 Å². The highest BCUT2D eigenvalue weighted by molar-refractivity contribution is 6.06. The lowest BCUT2D eigenvalue weighted by Gasteiger charge is -2.30. The Morgan fingerprint density at radius 3 is 1.50 bits per heavy atom. The van der Waals surface area contributed by atoms with E-state index >= 15 is 0 Å². The summed E-state index contributed by atoms with van der Waals surface area (Å²) in [5.74, 6) is 0. The minimum absolute atomic E-state index is 0.0863. The molecule has 0 radical (unpaired) electrons. The average Bonchev–Trinajstić information content (AvgIpc) is 2.46. The van der Waals surface area contributed by atoms with Crippen LogP contribution in [0.25, 0.3) is 21.5 Å². The summed E-state index contributed by atoms with van der Waals surface area (Å²) in [4.78, 5) is 0. The molecule has 0 bridgehead atoms. The molecule has 0 heterocycles. The van der Waals surface area contributed by atoms with Gasteiger partial charge in [-0.15, -0.1) is 0 Å². The maximum Gasteiger partial charge on any atom is 0.421 e. The van der Waals surface area contributed by atoms with E-state index in [0.29, 0.717) is 10.8 Å². The first-order valence-electron chi connectivity index (χ1n) is 6.95. The lowest BCUT2D eigenvalue weighted by molar-refractivity contribution is -0.257. The monoisotopic (exact) mass is 304 g/mol. The van der Waals surface area contributed by atoms with E-state index in [2.05, 4.69) is 0 Å². The van der Waals surface area contributed by atoms with Crippen LogP contribution in [0.2, 0.25) is 0 Å². The number of benzene rings is 3. The first-order chi connectivity index (χ1) is 10.2. The number of hydrogen-bond donors (Lipinski definition) is 1. The zero-order chi connectivity index (χ0) is 16.1. The highest BCUT2D eigenvalue weighted by Crippen LogP contribution is 2.45. The Morgan fingerprint density at radius 2 is 1.14 bits per heavy atom. The van der Waals surface area contributed by atoms with Crippen LogP contribution in [0.3, 0.4) is 0 Å². The van der Waals surface area contributed by atoms with Crippen molar-refractivity contribution in [2.45, 2.75) is 25.6 Å². The van der Waals surface area contributed by atoms with Gasteiger partial charge in [0.15, 0.2) is 5.60 Å². The van der Waals surface area contributed by atoms with Gasteiger partial charge in [-0.05, 0) is 41.0 Å². The Labute approximate surface area is 126 Å². The molecule has 114 valence electrons. The molecule has 0 fully saturated rings. The normalized spacial score (nSPS) is 15.2. The topological polar surface area (TPSA) is 20.2 Å². The zero-order valence-corrected chi connectivity index (χ0v) is 12.2. The zero-order valence-electron chi connectivity index (χ0n) is 12.2. The fourth-order valence-electron chi connectivity index (χ4n) is 3.01. The molecule has 0 amide bonds. The number of rotatable bonds is 1. The Kier molecular flexibility index (Phi) is 3.18. The van der Waals surface area contributed by atoms with E-state index in [4.69, 9.17) is 0 Å². The van der Waals surface area contributed by atoms with E-state index in [1.54, 1.807) is 48.5 Å². The molecule has 1 unspecified atom stereocenters. The third kappa shape index (κ3) is 1.98. The molecule has 3 aromatic rings. The van der Waals surface area contributed by atoms with Crippen molar-refractivity contribution in [1.29, 1.82) is 0 Å². The summed E-state index contributed by atoms with van der Waals surface area (Å²) >= 11 is 0. The number of fused-ring (bicyclic) bond motifs is 2. The molecule has 0 saturated heterocycles. The van der Waals surface area contributed by atoms with Crippen LogP contribution in [-0.4, -0.2) is 11.3 Å². The van der Waals surface area contributed by atoms with E-state index in [0.717, 1.165) is 23.3 Å². The van der Waals surface area contributed by atoms with Crippen molar-refractivity contribution in [1.82, 2.24) is 0 Å². The predicted molar refractivity (Wildman–Crippen MR) is 81.8 cm³/mol. The average molecular weight is 304 g/mol. The summed E-state index contributed by atoms with van der Waals surface area (Å²) in [5.41, 5.74) is -2.09. The molecule has 1 atom stereocenters. The van der Waals surface area contributed by atoms with E-state index in [1.807, 2.05) is 6.92 Å². The predicted octanol–water partition coefficient (Wildman–Crippen LogP) is 5.07. The molecule has 0 aliphatic rings. The first-order valence-corrected chi connectivity index (χ1v) is 6.95. The van der Waals surface area contributed by atoms with Gasteiger partial charge in [-0.3, -0.25) is 0 Å². The van der Waals surface area contributed by atoms with Crippen molar-refractivity contribution in [3.8, 4) is 0 Å². The van der Waals surface area contributed by atoms with Crippen molar-refractivity contribution >= 4 is 21.5 Å². The van der Waals surface area contributed by atoms with Gasteiger partial charge in [0.05, 0.1) is 0 Å². The third-order valence-electron chi connectivity index (χ3n) is 4.24. The molecular weight excluding hydrogens is 289 g/mol. The number of alkyl halides is 3. The second-order valence-corrected chi connectivity index (χ2v) is 5.66. The molecule has 1 N–H and O–H groups in total. The first kappa shape index (κ1) is 14.9. The minimum atomic E-state index is -4.76. The Balaban J connectivity index is 2.58. The smallest absolute Gasteiger partial charge is 0.376 e. The summed E-state index contributed by atoms with van der Waals surface area (Å²) in [6.07, 6.45) is -4.76. The molecule has 0 saturated carbocycles. The highest BCUT2D eigenvalue weighted by Gasteiger charge is 2.52. The molecule has 3 rings (SSSR count). The van der Waals surface area contributed by atoms with Crippen LogP contribution < -0.4 is 0 Å². The van der Waals surface area contributed by atoms with Crippen LogP contribution in [0.15, 0.2) is 48.5 Å². The fraction of sp³-hybridized carbons (Fsp3) is 0.222. The van der Waals surface area contributed by atoms with Gasteiger partial charge < -0.3 is 5.11 Å². The SMILES string of the molecule is Cc1c2ccccc2c(C(C)(O)C(F)(F)F)c2ccccc12. The maximum absolute atomic E-state index is 13.4. The lowest BCUT2D eigenvalue weighted by Crippen LogP contribution is -2.39. The maximum atomic E-state index is 13.4. The number of aliphatic hydroxyl groups is 1. The molecule has 1 nitrogen and oxygen atoms in total. The molecule has 0 aliphatic carbocycles. The van der Waals surface area contributed by atoms with Crippen LogP contribution in [0.4, 0.5) is 13.2 Å². The summed E-state index contributed by atoms with van der Waals surface area (Å²) in [5, 5.41) is 12.6. The van der Waals surface area contributed by atoms with Crippen LogP contribution in [0, 0.1) is 6.92 Å². The van der Waals surface area contributed by atoms with Crippen molar-refractivity contribution in [2.24, 2.45) is 0 Å². The van der Waals surface area contributed by atoms with Crippen LogP contribution >= 0.6 is 0 Å². The Bertz CT molecular complexity index is 806. The van der Waals surface area contributed by atoms with Crippen molar-refractivity contribution in [3.05, 3.63) is 59.7 Å². The van der Waals surface area contributed by atoms with Gasteiger partial charge in [-0.25, -0.2) is 0 Å². The van der Waals surface area contributed by atoms with Gasteiger partial charge in [-0.2, -0.15) is 13.2 Å².